The maximum atomic E-state index is 15.4. The van der Waals surface area contributed by atoms with E-state index in [-0.39, 0.29) is 35.6 Å². The minimum Gasteiger partial charge on any atom is -0.369 e. The predicted molar refractivity (Wildman–Crippen MR) is 232 cm³/mol. The highest BCUT2D eigenvalue weighted by atomic mass is 19.1. The van der Waals surface area contributed by atoms with Crippen LogP contribution in [0.5, 0.6) is 0 Å². The maximum absolute atomic E-state index is 15.4. The Labute approximate surface area is 357 Å². The smallest absolute Gasteiger partial charge is 0.256 e. The van der Waals surface area contributed by atoms with Crippen LogP contribution < -0.4 is 15.5 Å². The number of piperidine rings is 1. The van der Waals surface area contributed by atoms with Gasteiger partial charge in [0, 0.05) is 100 Å². The lowest BCUT2D eigenvalue weighted by atomic mass is 10.0. The molecule has 5 amide bonds. The zero-order valence-electron chi connectivity index (χ0n) is 35.1. The number of nitrogens with one attached hydrogen (secondary N) is 2. The quantitative estimate of drug-likeness (QED) is 0.0890. The molecule has 0 bridgehead atoms. The molecule has 0 saturated carbocycles. The molecule has 4 aliphatic heterocycles. The van der Waals surface area contributed by atoms with Gasteiger partial charge in [0.2, 0.25) is 17.7 Å². The summed E-state index contributed by atoms with van der Waals surface area (Å²) in [5.74, 6) is 5.16. The summed E-state index contributed by atoms with van der Waals surface area (Å²) in [4.78, 5) is 74.7. The topological polar surface area (TPSA) is 135 Å². The van der Waals surface area contributed by atoms with Crippen LogP contribution in [0, 0.1) is 30.5 Å². The molecule has 320 valence electrons. The van der Waals surface area contributed by atoms with Gasteiger partial charge in [0.1, 0.15) is 11.9 Å². The summed E-state index contributed by atoms with van der Waals surface area (Å²) in [5.41, 5.74) is 5.09. The molecule has 0 radical (unpaired) electrons. The van der Waals surface area contributed by atoms with Crippen LogP contribution in [0.1, 0.15) is 107 Å². The average Bonchev–Trinajstić information content (AvgIpc) is 3.87. The number of pyridine rings is 1. The second kappa shape index (κ2) is 20.6. The van der Waals surface area contributed by atoms with Gasteiger partial charge in [-0.3, -0.25) is 39.2 Å². The van der Waals surface area contributed by atoms with Crippen molar-refractivity contribution >= 4 is 41.3 Å². The van der Waals surface area contributed by atoms with Crippen LogP contribution in [0.3, 0.4) is 0 Å². The van der Waals surface area contributed by atoms with Crippen LogP contribution in [0.15, 0.2) is 60.9 Å². The van der Waals surface area contributed by atoms with Crippen molar-refractivity contribution in [1.82, 2.24) is 30.3 Å². The van der Waals surface area contributed by atoms with Crippen LogP contribution in [0.25, 0.3) is 6.08 Å². The molecule has 2 aromatic carbocycles. The Bertz CT molecular complexity index is 2210. The van der Waals surface area contributed by atoms with Gasteiger partial charge < -0.3 is 20.0 Å². The number of fused-ring (bicyclic) bond motifs is 1. The van der Waals surface area contributed by atoms with E-state index in [1.165, 1.54) is 12.1 Å². The Morgan fingerprint density at radius 3 is 2.62 bits per heavy atom. The van der Waals surface area contributed by atoms with Gasteiger partial charge in [-0.1, -0.05) is 30.7 Å². The van der Waals surface area contributed by atoms with E-state index in [2.05, 4.69) is 37.3 Å². The number of benzene rings is 2. The van der Waals surface area contributed by atoms with Crippen molar-refractivity contribution in [3.05, 3.63) is 100 Å². The van der Waals surface area contributed by atoms with Crippen LogP contribution in [-0.4, -0.2) is 108 Å². The third kappa shape index (κ3) is 11.3. The van der Waals surface area contributed by atoms with Gasteiger partial charge >= 0.3 is 0 Å². The average molecular weight is 830 g/mol. The van der Waals surface area contributed by atoms with E-state index in [4.69, 9.17) is 0 Å². The van der Waals surface area contributed by atoms with E-state index in [0.29, 0.717) is 44.1 Å². The number of carbonyl (C=O) groups is 5. The Hall–Kier alpha value is -5.87. The van der Waals surface area contributed by atoms with Gasteiger partial charge in [0.15, 0.2) is 0 Å². The predicted octanol–water partition coefficient (Wildman–Crippen LogP) is 5.49. The number of anilines is 1. The number of carbonyl (C=O) groups excluding carboxylic acids is 5. The number of piperazine rings is 1. The van der Waals surface area contributed by atoms with Gasteiger partial charge in [-0.15, -0.1) is 0 Å². The van der Waals surface area contributed by atoms with Crippen LogP contribution in [0.2, 0.25) is 0 Å². The van der Waals surface area contributed by atoms with Gasteiger partial charge in [0.25, 0.3) is 11.8 Å². The number of aryl methyl sites for hydroxylation is 1. The molecule has 3 saturated heterocycles. The number of amides is 5. The molecular formula is C48H56FN7O5. The first-order valence-electron chi connectivity index (χ1n) is 21.8. The molecule has 0 spiro atoms. The third-order valence-corrected chi connectivity index (χ3v) is 12.2. The number of rotatable bonds is 15. The number of nitrogens with zero attached hydrogens (tertiary/aromatic N) is 5. The summed E-state index contributed by atoms with van der Waals surface area (Å²) < 4.78 is 15.4. The van der Waals surface area contributed by atoms with Crippen molar-refractivity contribution in [2.75, 3.05) is 57.3 Å². The summed E-state index contributed by atoms with van der Waals surface area (Å²) in [6, 6.07) is 11.9. The van der Waals surface area contributed by atoms with E-state index < -0.39 is 17.8 Å². The standard InChI is InChI=1S/C48H56FN7O5/c1-34-28-36(31-50-30-34)14-18-44(57)51-21-7-6-10-35-20-23-55(32-35)47(60)40-16-15-38(29-42(40)49)54-26-24-53(25-27-54)22-8-4-2-3-5-11-37-12-9-13-39-41(37)33-56(48(39)61)43-17-19-45(58)52-46(43)59/h9,12-16,18,28-31,35,43H,2-4,6-8,10,17,19-27,32-33H2,1H3,(H,51,57)(H,52,58,59)/b18-14+. The van der Waals surface area contributed by atoms with Crippen molar-refractivity contribution in [3.63, 3.8) is 0 Å². The minimum absolute atomic E-state index is 0.129. The van der Waals surface area contributed by atoms with E-state index in [9.17, 15) is 24.0 Å². The molecule has 4 aliphatic rings. The van der Waals surface area contributed by atoms with Crippen molar-refractivity contribution in [3.8, 4) is 11.8 Å². The molecular weight excluding hydrogens is 774 g/mol. The number of hydrogen-bond acceptors (Lipinski definition) is 8. The van der Waals surface area contributed by atoms with E-state index in [1.54, 1.807) is 40.4 Å². The molecule has 13 heteroatoms. The van der Waals surface area contributed by atoms with Crippen LogP contribution in [0.4, 0.5) is 10.1 Å². The van der Waals surface area contributed by atoms with E-state index in [1.807, 2.05) is 31.2 Å². The highest BCUT2D eigenvalue weighted by molar-refractivity contribution is 6.05. The Balaban J connectivity index is 0.762. The van der Waals surface area contributed by atoms with Gasteiger partial charge in [0.05, 0.1) is 5.56 Å². The third-order valence-electron chi connectivity index (χ3n) is 12.2. The highest BCUT2D eigenvalue weighted by Gasteiger charge is 2.39. The molecule has 1 aromatic heterocycles. The molecule has 7 rings (SSSR count). The molecule has 61 heavy (non-hydrogen) atoms. The zero-order chi connectivity index (χ0) is 42.7. The summed E-state index contributed by atoms with van der Waals surface area (Å²) in [6.45, 7) is 8.49. The van der Waals surface area contributed by atoms with Gasteiger partial charge in [-0.05, 0) is 117 Å². The van der Waals surface area contributed by atoms with Crippen molar-refractivity contribution < 1.29 is 28.4 Å². The summed E-state index contributed by atoms with van der Waals surface area (Å²) in [7, 11) is 0. The minimum atomic E-state index is -0.641. The first kappa shape index (κ1) is 43.2. The molecule has 2 N–H and O–H groups in total. The van der Waals surface area contributed by atoms with Crippen molar-refractivity contribution in [2.45, 2.75) is 83.7 Å². The molecule has 12 nitrogen and oxygen atoms in total. The largest absolute Gasteiger partial charge is 0.369 e. The van der Waals surface area contributed by atoms with Crippen LogP contribution in [-0.2, 0) is 20.9 Å². The fourth-order valence-electron chi connectivity index (χ4n) is 8.78. The number of likely N-dealkylation sites (tertiary alicyclic amines) is 1. The van der Waals surface area contributed by atoms with Gasteiger partial charge in [-0.2, -0.15) is 0 Å². The molecule has 2 unspecified atom stereocenters. The zero-order valence-corrected chi connectivity index (χ0v) is 35.1. The van der Waals surface area contributed by atoms with Crippen molar-refractivity contribution in [2.24, 2.45) is 5.92 Å². The fourth-order valence-corrected chi connectivity index (χ4v) is 8.78. The Morgan fingerprint density at radius 1 is 0.967 bits per heavy atom. The summed E-state index contributed by atoms with van der Waals surface area (Å²) >= 11 is 0. The number of aromatic nitrogens is 1. The molecule has 3 aromatic rings. The Kier molecular flexibility index (Phi) is 14.6. The molecule has 0 aliphatic carbocycles. The molecule has 3 fully saturated rings. The lowest BCUT2D eigenvalue weighted by molar-refractivity contribution is -0.137. The fraction of sp³-hybridized carbons (Fsp3) is 0.458. The second-order valence-electron chi connectivity index (χ2n) is 16.7. The lowest BCUT2D eigenvalue weighted by Crippen LogP contribution is -2.52. The second-order valence-corrected chi connectivity index (χ2v) is 16.7. The molecule has 2 atom stereocenters. The van der Waals surface area contributed by atoms with E-state index in [0.717, 1.165) is 112 Å². The van der Waals surface area contributed by atoms with E-state index >= 15 is 4.39 Å². The van der Waals surface area contributed by atoms with Gasteiger partial charge in [-0.25, -0.2) is 4.39 Å². The summed E-state index contributed by atoms with van der Waals surface area (Å²) in [6.07, 6.45) is 14.8. The number of unbranched alkanes of at least 4 members (excludes halogenated alkanes) is 4. The normalized spacial score (nSPS) is 19.2. The highest BCUT2D eigenvalue weighted by Crippen LogP contribution is 2.30. The number of imide groups is 1. The lowest BCUT2D eigenvalue weighted by Gasteiger charge is -2.36. The number of halogens is 1. The molecule has 5 heterocycles. The number of hydrogen-bond donors (Lipinski definition) is 2. The SMILES string of the molecule is Cc1cncc(/C=C/C(=O)NCCCCC2CCN(C(=O)c3ccc(N4CCN(CCCCCC#Cc5cccc6c5CN(C5CCC(=O)NC5=O)C6=O)CC4)cc3F)C2)c1. The van der Waals surface area contributed by atoms with Crippen LogP contribution >= 0.6 is 0 Å². The summed E-state index contributed by atoms with van der Waals surface area (Å²) in [5, 5.41) is 5.28. The maximum Gasteiger partial charge on any atom is 0.256 e. The monoisotopic (exact) mass is 829 g/mol. The first-order chi connectivity index (χ1) is 29.6. The Morgan fingerprint density at radius 2 is 1.82 bits per heavy atom. The van der Waals surface area contributed by atoms with Crippen molar-refractivity contribution in [1.29, 1.82) is 0 Å². The first-order valence-corrected chi connectivity index (χ1v) is 21.8.